The van der Waals surface area contributed by atoms with Crippen molar-refractivity contribution in [1.29, 1.82) is 5.26 Å². The summed E-state index contributed by atoms with van der Waals surface area (Å²) in [5.41, 5.74) is 2.17. The van der Waals surface area contributed by atoms with Crippen LogP contribution < -0.4 is 10.6 Å². The molecule has 2 aromatic rings. The van der Waals surface area contributed by atoms with E-state index in [0.29, 0.717) is 22.8 Å². The van der Waals surface area contributed by atoms with Gasteiger partial charge in [0.25, 0.3) is 5.91 Å². The van der Waals surface area contributed by atoms with Crippen LogP contribution in [0.2, 0.25) is 5.02 Å². The van der Waals surface area contributed by atoms with E-state index in [-0.39, 0.29) is 11.3 Å². The largest absolute Gasteiger partial charge is 0.508 e. The van der Waals surface area contributed by atoms with Crippen LogP contribution in [-0.2, 0) is 11.3 Å². The summed E-state index contributed by atoms with van der Waals surface area (Å²) in [6, 6.07) is 13.7. The Kier molecular flexibility index (Phi) is 5.83. The van der Waals surface area contributed by atoms with Crippen LogP contribution in [0.5, 0.6) is 5.75 Å². The van der Waals surface area contributed by atoms with Crippen LogP contribution in [0.1, 0.15) is 11.1 Å². The molecule has 0 saturated carbocycles. The molecular weight excluding hydrogens is 326 g/mol. The summed E-state index contributed by atoms with van der Waals surface area (Å²) in [7, 11) is 0. The lowest BCUT2D eigenvalue weighted by Gasteiger charge is -2.08. The first-order chi connectivity index (χ1) is 11.5. The van der Waals surface area contributed by atoms with Crippen molar-refractivity contribution in [2.75, 3.05) is 5.32 Å². The third-order valence-electron chi connectivity index (χ3n) is 3.29. The smallest absolute Gasteiger partial charge is 0.267 e. The number of rotatable bonds is 5. The fourth-order valence-corrected chi connectivity index (χ4v) is 2.13. The minimum Gasteiger partial charge on any atom is -0.508 e. The minimum atomic E-state index is -0.519. The van der Waals surface area contributed by atoms with Gasteiger partial charge in [0.05, 0.1) is 0 Å². The van der Waals surface area contributed by atoms with E-state index in [2.05, 4.69) is 10.6 Å². The van der Waals surface area contributed by atoms with Crippen LogP contribution in [0.15, 0.2) is 54.2 Å². The van der Waals surface area contributed by atoms with Gasteiger partial charge in [-0.05, 0) is 48.4 Å². The first-order valence-electron chi connectivity index (χ1n) is 7.18. The van der Waals surface area contributed by atoms with Crippen LogP contribution in [0.25, 0.3) is 0 Å². The summed E-state index contributed by atoms with van der Waals surface area (Å²) in [5, 5.41) is 24.7. The van der Waals surface area contributed by atoms with Crippen molar-refractivity contribution in [1.82, 2.24) is 5.32 Å². The molecule has 0 aliphatic carbocycles. The predicted octanol–water partition coefficient (Wildman–Crippen LogP) is 3.49. The van der Waals surface area contributed by atoms with Crippen LogP contribution >= 0.6 is 11.6 Å². The number of phenolic OH excluding ortho intramolecular Hbond substituents is 1. The number of nitrogens with one attached hydrogen (secondary N) is 2. The summed E-state index contributed by atoms with van der Waals surface area (Å²) in [6.45, 7) is 2.22. The Bertz CT molecular complexity index is 808. The maximum absolute atomic E-state index is 12.1. The molecule has 6 heteroatoms. The zero-order valence-electron chi connectivity index (χ0n) is 13.0. The summed E-state index contributed by atoms with van der Waals surface area (Å²) < 4.78 is 0. The number of hydrogen-bond acceptors (Lipinski definition) is 4. The van der Waals surface area contributed by atoms with Crippen LogP contribution in [0.3, 0.4) is 0 Å². The highest BCUT2D eigenvalue weighted by Crippen LogP contribution is 2.20. The molecule has 0 radical (unpaired) electrons. The molecule has 122 valence electrons. The van der Waals surface area contributed by atoms with Gasteiger partial charge in [0.15, 0.2) is 0 Å². The van der Waals surface area contributed by atoms with E-state index in [1.165, 1.54) is 18.3 Å². The van der Waals surface area contributed by atoms with Gasteiger partial charge in [-0.15, -0.1) is 0 Å². The molecule has 2 rings (SSSR count). The molecule has 2 aromatic carbocycles. The summed E-state index contributed by atoms with van der Waals surface area (Å²) in [6.07, 6.45) is 1.37. The van der Waals surface area contributed by atoms with E-state index in [4.69, 9.17) is 16.9 Å². The molecule has 3 N–H and O–H groups in total. The first kappa shape index (κ1) is 17.4. The zero-order chi connectivity index (χ0) is 17.5. The minimum absolute atomic E-state index is 0.0450. The molecule has 0 heterocycles. The van der Waals surface area contributed by atoms with Crippen LogP contribution in [0, 0.1) is 18.3 Å². The molecule has 0 atom stereocenters. The number of aryl methyl sites for hydroxylation is 1. The van der Waals surface area contributed by atoms with Gasteiger partial charge in [0, 0.05) is 23.5 Å². The number of amides is 1. The highest BCUT2D eigenvalue weighted by Gasteiger charge is 2.10. The topological polar surface area (TPSA) is 85.2 Å². The third-order valence-corrected chi connectivity index (χ3v) is 3.54. The van der Waals surface area contributed by atoms with Crippen molar-refractivity contribution >= 4 is 23.2 Å². The number of halogens is 1. The van der Waals surface area contributed by atoms with Crippen molar-refractivity contribution in [2.45, 2.75) is 13.5 Å². The number of phenols is 1. The molecule has 0 aromatic heterocycles. The van der Waals surface area contributed by atoms with Crippen molar-refractivity contribution in [3.63, 3.8) is 0 Å². The molecular formula is C18H16ClN3O2. The molecule has 5 nitrogen and oxygen atoms in total. The molecule has 0 unspecified atom stereocenters. The number of benzene rings is 2. The van der Waals surface area contributed by atoms with Crippen molar-refractivity contribution < 1.29 is 9.90 Å². The predicted molar refractivity (Wildman–Crippen MR) is 93.5 cm³/mol. The van der Waals surface area contributed by atoms with Crippen molar-refractivity contribution in [3.8, 4) is 11.8 Å². The van der Waals surface area contributed by atoms with Gasteiger partial charge in [-0.2, -0.15) is 5.26 Å². The Balaban J connectivity index is 2.00. The molecule has 0 saturated heterocycles. The van der Waals surface area contributed by atoms with Crippen molar-refractivity contribution in [2.24, 2.45) is 0 Å². The lowest BCUT2D eigenvalue weighted by Crippen LogP contribution is -2.17. The highest BCUT2D eigenvalue weighted by atomic mass is 35.5. The standard InChI is InChI=1S/C18H16ClN3O2/c1-12-8-16(23)6-7-17(12)22-18(24)14(9-20)11-21-10-13-2-4-15(19)5-3-13/h2-8,11,21,23H,10H2,1H3,(H,22,24)/b14-11-. The van der Waals surface area contributed by atoms with Gasteiger partial charge < -0.3 is 15.7 Å². The lowest BCUT2D eigenvalue weighted by atomic mass is 10.2. The molecule has 0 fully saturated rings. The van der Waals surface area contributed by atoms with E-state index in [9.17, 15) is 9.90 Å². The van der Waals surface area contributed by atoms with E-state index >= 15 is 0 Å². The summed E-state index contributed by atoms with van der Waals surface area (Å²) in [5.74, 6) is -0.402. The van der Waals surface area contributed by atoms with Gasteiger partial charge in [0.2, 0.25) is 0 Å². The molecule has 0 aliphatic heterocycles. The average molecular weight is 342 g/mol. The quantitative estimate of drug-likeness (QED) is 0.441. The van der Waals surface area contributed by atoms with E-state index in [0.717, 1.165) is 5.56 Å². The number of carbonyl (C=O) groups is 1. The number of nitrogens with zero attached hydrogens (tertiary/aromatic N) is 1. The number of anilines is 1. The fourth-order valence-electron chi connectivity index (χ4n) is 2.00. The Morgan fingerprint density at radius 1 is 1.29 bits per heavy atom. The Morgan fingerprint density at radius 2 is 2.00 bits per heavy atom. The second-order valence-electron chi connectivity index (χ2n) is 5.13. The number of nitriles is 1. The number of carbonyl (C=O) groups excluding carboxylic acids is 1. The molecule has 0 bridgehead atoms. The van der Waals surface area contributed by atoms with Gasteiger partial charge in [-0.25, -0.2) is 0 Å². The summed E-state index contributed by atoms with van der Waals surface area (Å²) >= 11 is 5.82. The zero-order valence-corrected chi connectivity index (χ0v) is 13.8. The molecule has 24 heavy (non-hydrogen) atoms. The maximum atomic E-state index is 12.1. The van der Waals surface area contributed by atoms with E-state index in [1.54, 1.807) is 25.1 Å². The van der Waals surface area contributed by atoms with Gasteiger partial charge in [-0.3, -0.25) is 4.79 Å². The highest BCUT2D eigenvalue weighted by molar-refractivity contribution is 6.30. The van der Waals surface area contributed by atoms with Crippen LogP contribution in [0.4, 0.5) is 5.69 Å². The molecule has 0 aliphatic rings. The SMILES string of the molecule is Cc1cc(O)ccc1NC(=O)/C(C#N)=C\NCc1ccc(Cl)cc1. The van der Waals surface area contributed by atoms with Crippen molar-refractivity contribution in [3.05, 3.63) is 70.4 Å². The normalized spacial score (nSPS) is 10.8. The summed E-state index contributed by atoms with van der Waals surface area (Å²) in [4.78, 5) is 12.1. The Labute approximate surface area is 145 Å². The second-order valence-corrected chi connectivity index (χ2v) is 5.57. The average Bonchev–Trinajstić information content (AvgIpc) is 2.56. The number of aromatic hydroxyl groups is 1. The lowest BCUT2D eigenvalue weighted by molar-refractivity contribution is -0.112. The van der Waals surface area contributed by atoms with Gasteiger partial charge in [0.1, 0.15) is 17.4 Å². The monoisotopic (exact) mass is 341 g/mol. The van der Waals surface area contributed by atoms with E-state index in [1.807, 2.05) is 18.2 Å². The Hall–Kier alpha value is -2.97. The van der Waals surface area contributed by atoms with E-state index < -0.39 is 5.91 Å². The first-order valence-corrected chi connectivity index (χ1v) is 7.56. The third kappa shape index (κ3) is 4.77. The number of hydrogen-bond donors (Lipinski definition) is 3. The fraction of sp³-hybridized carbons (Fsp3) is 0.111. The molecule has 0 spiro atoms. The second kappa shape index (κ2) is 8.04. The molecule has 1 amide bonds. The van der Waals surface area contributed by atoms with Crippen LogP contribution in [-0.4, -0.2) is 11.0 Å². The van der Waals surface area contributed by atoms with Gasteiger partial charge in [-0.1, -0.05) is 23.7 Å². The Morgan fingerprint density at radius 3 is 2.62 bits per heavy atom. The van der Waals surface area contributed by atoms with Gasteiger partial charge >= 0.3 is 0 Å². The maximum Gasteiger partial charge on any atom is 0.267 e.